The molecular formula is C17H30N2O7S. The van der Waals surface area contributed by atoms with Crippen molar-refractivity contribution in [2.45, 2.75) is 51.8 Å². The largest absolute Gasteiger partial charge is 0.469 e. The zero-order valence-corrected chi connectivity index (χ0v) is 17.5. The predicted molar refractivity (Wildman–Crippen MR) is 101 cm³/mol. The summed E-state index contributed by atoms with van der Waals surface area (Å²) in [6.07, 6.45) is -0.127. The minimum atomic E-state index is -0.887. The zero-order valence-electron chi connectivity index (χ0n) is 16.7. The van der Waals surface area contributed by atoms with Crippen molar-refractivity contribution >= 4 is 35.6 Å². The highest BCUT2D eigenvalue weighted by molar-refractivity contribution is 7.99. The number of nitrogens with one attached hydrogen (secondary N) is 1. The average molecular weight is 407 g/mol. The van der Waals surface area contributed by atoms with Crippen molar-refractivity contribution < 1.29 is 33.4 Å². The Morgan fingerprint density at radius 1 is 1.04 bits per heavy atom. The summed E-state index contributed by atoms with van der Waals surface area (Å²) in [7, 11) is 2.46. The van der Waals surface area contributed by atoms with Gasteiger partial charge in [0.1, 0.15) is 11.6 Å². The molecule has 0 fully saturated rings. The molecule has 0 aromatic carbocycles. The molecular weight excluding hydrogens is 376 g/mol. The van der Waals surface area contributed by atoms with E-state index in [9.17, 15) is 19.2 Å². The monoisotopic (exact) mass is 406 g/mol. The lowest BCUT2D eigenvalue weighted by Gasteiger charge is -2.21. The number of hydrogen-bond donors (Lipinski definition) is 2. The molecule has 0 bridgehead atoms. The summed E-state index contributed by atoms with van der Waals surface area (Å²) in [4.78, 5) is 47.1. The Kier molecular flexibility index (Phi) is 11.0. The Morgan fingerprint density at radius 3 is 2.07 bits per heavy atom. The highest BCUT2D eigenvalue weighted by atomic mass is 32.2. The molecule has 0 aliphatic heterocycles. The lowest BCUT2D eigenvalue weighted by molar-refractivity contribution is -0.160. The van der Waals surface area contributed by atoms with Crippen molar-refractivity contribution in [3.8, 4) is 0 Å². The molecule has 27 heavy (non-hydrogen) atoms. The van der Waals surface area contributed by atoms with Crippen LogP contribution in [0.4, 0.5) is 0 Å². The standard InChI is InChI=1S/C17H30N2O7S/c1-10(15(22)24-5)19-14(21)12(18)9-27-8-11(16(23)25-6)7-13(20)26-17(2,3)4/h10-12H,7-9,18H2,1-6H3,(H,19,21)/t10-,11+,12-/m1/s1. The first-order valence-electron chi connectivity index (χ1n) is 8.42. The van der Waals surface area contributed by atoms with Crippen LogP contribution in [0.25, 0.3) is 0 Å². The van der Waals surface area contributed by atoms with E-state index in [0.717, 1.165) is 0 Å². The van der Waals surface area contributed by atoms with E-state index in [1.54, 1.807) is 20.8 Å². The van der Waals surface area contributed by atoms with Gasteiger partial charge in [0.2, 0.25) is 5.91 Å². The quantitative estimate of drug-likeness (QED) is 0.386. The molecule has 0 aromatic heterocycles. The van der Waals surface area contributed by atoms with Crippen LogP contribution < -0.4 is 11.1 Å². The molecule has 1 amide bonds. The van der Waals surface area contributed by atoms with E-state index in [0.29, 0.717) is 0 Å². The number of carbonyl (C=O) groups excluding carboxylic acids is 4. The molecule has 0 rings (SSSR count). The molecule has 9 nitrogen and oxygen atoms in total. The Balaban J connectivity index is 4.55. The van der Waals surface area contributed by atoms with Crippen LogP contribution >= 0.6 is 11.8 Å². The van der Waals surface area contributed by atoms with Gasteiger partial charge in [-0.3, -0.25) is 14.4 Å². The number of esters is 3. The van der Waals surface area contributed by atoms with E-state index in [4.69, 9.17) is 15.2 Å². The molecule has 156 valence electrons. The van der Waals surface area contributed by atoms with E-state index in [1.807, 2.05) is 0 Å². The molecule has 0 saturated heterocycles. The normalized spacial score (nSPS) is 14.5. The summed E-state index contributed by atoms with van der Waals surface area (Å²) in [6.45, 7) is 6.69. The van der Waals surface area contributed by atoms with Gasteiger partial charge in [0.05, 0.1) is 32.6 Å². The fourth-order valence-electron chi connectivity index (χ4n) is 1.93. The molecule has 0 aromatic rings. The fraction of sp³-hybridized carbons (Fsp3) is 0.765. The molecule has 3 atom stereocenters. The highest BCUT2D eigenvalue weighted by Gasteiger charge is 2.27. The lowest BCUT2D eigenvalue weighted by Crippen LogP contribution is -2.48. The third-order valence-corrected chi connectivity index (χ3v) is 4.47. The number of methoxy groups -OCH3 is 2. The van der Waals surface area contributed by atoms with E-state index in [2.05, 4.69) is 10.1 Å². The van der Waals surface area contributed by atoms with Crippen LogP contribution in [0.3, 0.4) is 0 Å². The van der Waals surface area contributed by atoms with E-state index < -0.39 is 47.4 Å². The maximum absolute atomic E-state index is 12.0. The summed E-state index contributed by atoms with van der Waals surface area (Å²) >= 11 is 1.23. The number of amides is 1. The molecule has 0 aliphatic carbocycles. The van der Waals surface area contributed by atoms with E-state index in [1.165, 1.54) is 32.9 Å². The van der Waals surface area contributed by atoms with Gasteiger partial charge < -0.3 is 25.3 Å². The Bertz CT molecular complexity index is 534. The van der Waals surface area contributed by atoms with Gasteiger partial charge in [-0.15, -0.1) is 0 Å². The molecule has 3 N–H and O–H groups in total. The van der Waals surface area contributed by atoms with Crippen LogP contribution in [0.15, 0.2) is 0 Å². The van der Waals surface area contributed by atoms with Crippen molar-refractivity contribution in [2.75, 3.05) is 25.7 Å². The van der Waals surface area contributed by atoms with Crippen LogP contribution in [0, 0.1) is 5.92 Å². The smallest absolute Gasteiger partial charge is 0.328 e. The second-order valence-electron chi connectivity index (χ2n) is 6.91. The average Bonchev–Trinajstić information content (AvgIpc) is 2.57. The molecule has 0 saturated carbocycles. The van der Waals surface area contributed by atoms with Crippen LogP contribution in [0.2, 0.25) is 0 Å². The van der Waals surface area contributed by atoms with Crippen molar-refractivity contribution in [1.82, 2.24) is 5.32 Å². The molecule has 0 unspecified atom stereocenters. The number of ether oxygens (including phenoxy) is 3. The zero-order chi connectivity index (χ0) is 21.2. The summed E-state index contributed by atoms with van der Waals surface area (Å²) in [6, 6.07) is -1.70. The predicted octanol–water partition coefficient (Wildman–Crippen LogP) is 0.246. The molecule has 10 heteroatoms. The number of rotatable bonds is 10. The van der Waals surface area contributed by atoms with Crippen LogP contribution in [0.5, 0.6) is 0 Å². The highest BCUT2D eigenvalue weighted by Crippen LogP contribution is 2.18. The first-order valence-corrected chi connectivity index (χ1v) is 9.58. The Morgan fingerprint density at radius 2 is 1.59 bits per heavy atom. The minimum Gasteiger partial charge on any atom is -0.469 e. The van der Waals surface area contributed by atoms with Gasteiger partial charge in [-0.1, -0.05) is 0 Å². The number of thioether (sulfide) groups is 1. The van der Waals surface area contributed by atoms with E-state index >= 15 is 0 Å². The molecule has 0 spiro atoms. The third kappa shape index (κ3) is 10.8. The third-order valence-electron chi connectivity index (χ3n) is 3.23. The Hall–Kier alpha value is -1.81. The number of carbonyl (C=O) groups is 4. The first-order chi connectivity index (χ1) is 12.4. The summed E-state index contributed by atoms with van der Waals surface area (Å²) in [5.41, 5.74) is 5.14. The van der Waals surface area contributed by atoms with Crippen molar-refractivity contribution in [3.63, 3.8) is 0 Å². The van der Waals surface area contributed by atoms with Crippen molar-refractivity contribution in [1.29, 1.82) is 0 Å². The van der Waals surface area contributed by atoms with E-state index in [-0.39, 0.29) is 17.9 Å². The fourth-order valence-corrected chi connectivity index (χ4v) is 3.01. The summed E-state index contributed by atoms with van der Waals surface area (Å²) in [5, 5.41) is 2.44. The van der Waals surface area contributed by atoms with Gasteiger partial charge in [0.25, 0.3) is 0 Å². The molecule has 0 radical (unpaired) electrons. The molecule has 0 aliphatic rings. The van der Waals surface area contributed by atoms with Gasteiger partial charge in [-0.25, -0.2) is 4.79 Å². The van der Waals surface area contributed by atoms with Gasteiger partial charge >= 0.3 is 17.9 Å². The second-order valence-corrected chi connectivity index (χ2v) is 7.98. The molecule has 0 heterocycles. The second kappa shape index (κ2) is 11.8. The SMILES string of the molecule is COC(=O)[C@H](CSC[C@@H](N)C(=O)N[C@H](C)C(=O)OC)CC(=O)OC(C)(C)C. The summed E-state index contributed by atoms with van der Waals surface area (Å²) < 4.78 is 14.5. The first kappa shape index (κ1) is 25.2. The Labute approximate surface area is 164 Å². The van der Waals surface area contributed by atoms with Crippen LogP contribution in [-0.2, 0) is 33.4 Å². The topological polar surface area (TPSA) is 134 Å². The van der Waals surface area contributed by atoms with Gasteiger partial charge in [0.15, 0.2) is 0 Å². The number of hydrogen-bond acceptors (Lipinski definition) is 9. The number of nitrogens with two attached hydrogens (primary N) is 1. The van der Waals surface area contributed by atoms with Gasteiger partial charge in [0, 0.05) is 11.5 Å². The van der Waals surface area contributed by atoms with Gasteiger partial charge in [-0.05, 0) is 27.7 Å². The van der Waals surface area contributed by atoms with Crippen molar-refractivity contribution in [2.24, 2.45) is 11.7 Å². The minimum absolute atomic E-state index is 0.127. The lowest BCUT2D eigenvalue weighted by atomic mass is 10.1. The summed E-state index contributed by atoms with van der Waals surface area (Å²) in [5.74, 6) is -2.41. The van der Waals surface area contributed by atoms with Crippen LogP contribution in [0.1, 0.15) is 34.1 Å². The van der Waals surface area contributed by atoms with Crippen LogP contribution in [-0.4, -0.2) is 67.2 Å². The van der Waals surface area contributed by atoms with Gasteiger partial charge in [-0.2, -0.15) is 11.8 Å². The maximum Gasteiger partial charge on any atom is 0.328 e. The maximum atomic E-state index is 12.0. The van der Waals surface area contributed by atoms with Crippen molar-refractivity contribution in [3.05, 3.63) is 0 Å².